The Bertz CT molecular complexity index is 545. The fourth-order valence-corrected chi connectivity index (χ4v) is 2.35. The number of benzene rings is 2. The predicted octanol–water partition coefficient (Wildman–Crippen LogP) is 3.89. The van der Waals surface area contributed by atoms with Crippen LogP contribution in [0, 0.1) is 0 Å². The van der Waals surface area contributed by atoms with Crippen LogP contribution in [0.3, 0.4) is 0 Å². The lowest BCUT2D eigenvalue weighted by Crippen LogP contribution is -1.94. The van der Waals surface area contributed by atoms with Crippen molar-refractivity contribution in [2.45, 2.75) is 26.7 Å². The van der Waals surface area contributed by atoms with E-state index in [2.05, 4.69) is 0 Å². The third-order valence-corrected chi connectivity index (χ3v) is 3.27. The Hall–Kier alpha value is -1.96. The first-order valence-corrected chi connectivity index (χ1v) is 6.31. The number of phenolic OH excluding ortho intramolecular Hbond substituents is 2. The molecule has 0 aliphatic rings. The van der Waals surface area contributed by atoms with Gasteiger partial charge in [0.25, 0.3) is 0 Å². The second-order valence-corrected chi connectivity index (χ2v) is 4.33. The molecular formula is C16H18O2. The van der Waals surface area contributed by atoms with Crippen LogP contribution in [0.15, 0.2) is 36.4 Å². The average molecular weight is 242 g/mol. The summed E-state index contributed by atoms with van der Waals surface area (Å²) >= 11 is 0. The van der Waals surface area contributed by atoms with Gasteiger partial charge < -0.3 is 10.2 Å². The van der Waals surface area contributed by atoms with Crippen LogP contribution in [0.2, 0.25) is 0 Å². The van der Waals surface area contributed by atoms with Crippen molar-refractivity contribution in [3.63, 3.8) is 0 Å². The Morgan fingerprint density at radius 3 is 2.17 bits per heavy atom. The van der Waals surface area contributed by atoms with Crippen LogP contribution in [0.5, 0.6) is 11.5 Å². The normalized spacial score (nSPS) is 10.6. The van der Waals surface area contributed by atoms with E-state index in [1.807, 2.05) is 44.2 Å². The molecule has 0 amide bonds. The number of hydrogen-bond donors (Lipinski definition) is 2. The van der Waals surface area contributed by atoms with E-state index < -0.39 is 0 Å². The van der Waals surface area contributed by atoms with Crippen molar-refractivity contribution >= 4 is 0 Å². The van der Waals surface area contributed by atoms with Crippen molar-refractivity contribution in [1.29, 1.82) is 0 Å². The van der Waals surface area contributed by atoms with Gasteiger partial charge in [0.2, 0.25) is 0 Å². The van der Waals surface area contributed by atoms with Crippen molar-refractivity contribution in [2.75, 3.05) is 0 Å². The van der Waals surface area contributed by atoms with Crippen LogP contribution in [0.4, 0.5) is 0 Å². The van der Waals surface area contributed by atoms with Gasteiger partial charge in [0, 0.05) is 0 Å². The molecule has 0 aromatic heterocycles. The van der Waals surface area contributed by atoms with E-state index in [1.165, 1.54) is 0 Å². The summed E-state index contributed by atoms with van der Waals surface area (Å²) in [6, 6.07) is 11.3. The van der Waals surface area contributed by atoms with Gasteiger partial charge in [-0.3, -0.25) is 0 Å². The van der Waals surface area contributed by atoms with E-state index in [0.29, 0.717) is 5.56 Å². The van der Waals surface area contributed by atoms with Gasteiger partial charge >= 0.3 is 0 Å². The molecule has 0 saturated carbocycles. The minimum absolute atomic E-state index is 0.146. The third kappa shape index (κ3) is 2.06. The molecule has 18 heavy (non-hydrogen) atoms. The van der Waals surface area contributed by atoms with Crippen molar-refractivity contribution in [2.24, 2.45) is 0 Å². The smallest absolute Gasteiger partial charge is 0.130 e. The largest absolute Gasteiger partial charge is 0.507 e. The molecule has 0 fully saturated rings. The predicted molar refractivity (Wildman–Crippen MR) is 74.0 cm³/mol. The summed E-state index contributed by atoms with van der Waals surface area (Å²) in [5.74, 6) is 0.355. The summed E-state index contributed by atoms with van der Waals surface area (Å²) < 4.78 is 0. The third-order valence-electron chi connectivity index (χ3n) is 3.27. The van der Waals surface area contributed by atoms with Gasteiger partial charge in [-0.2, -0.15) is 0 Å². The minimum Gasteiger partial charge on any atom is -0.507 e. The van der Waals surface area contributed by atoms with Crippen molar-refractivity contribution in [3.05, 3.63) is 47.5 Å². The Balaban J connectivity index is 2.69. The first-order valence-electron chi connectivity index (χ1n) is 6.31. The van der Waals surface area contributed by atoms with Crippen LogP contribution in [0.1, 0.15) is 25.0 Å². The highest BCUT2D eigenvalue weighted by atomic mass is 16.3. The maximum absolute atomic E-state index is 10.4. The van der Waals surface area contributed by atoms with Gasteiger partial charge in [0.1, 0.15) is 11.5 Å². The molecule has 94 valence electrons. The molecule has 0 heterocycles. The second-order valence-electron chi connectivity index (χ2n) is 4.33. The Labute approximate surface area is 108 Å². The molecule has 0 spiro atoms. The zero-order valence-corrected chi connectivity index (χ0v) is 10.8. The Morgan fingerprint density at radius 2 is 1.61 bits per heavy atom. The van der Waals surface area contributed by atoms with Crippen molar-refractivity contribution in [1.82, 2.24) is 0 Å². The van der Waals surface area contributed by atoms with Gasteiger partial charge in [-0.15, -0.1) is 0 Å². The molecule has 2 nitrogen and oxygen atoms in total. The molecule has 2 N–H and O–H groups in total. The molecule has 2 rings (SSSR count). The first-order chi connectivity index (χ1) is 8.69. The van der Waals surface area contributed by atoms with Crippen LogP contribution < -0.4 is 0 Å². The molecule has 0 unspecified atom stereocenters. The summed E-state index contributed by atoms with van der Waals surface area (Å²) in [6.07, 6.45) is 1.56. The lowest BCUT2D eigenvalue weighted by molar-refractivity contribution is 0.448. The van der Waals surface area contributed by atoms with E-state index in [1.54, 1.807) is 6.07 Å². The van der Waals surface area contributed by atoms with E-state index in [4.69, 9.17) is 0 Å². The average Bonchev–Trinajstić information content (AvgIpc) is 2.39. The summed E-state index contributed by atoms with van der Waals surface area (Å²) in [5, 5.41) is 20.5. The zero-order chi connectivity index (χ0) is 13.1. The molecule has 0 radical (unpaired) electrons. The molecular weight excluding hydrogens is 224 g/mol. The van der Waals surface area contributed by atoms with Crippen LogP contribution >= 0.6 is 0 Å². The number of aryl methyl sites for hydroxylation is 1. The number of phenols is 2. The lowest BCUT2D eigenvalue weighted by atomic mass is 9.94. The highest BCUT2D eigenvalue weighted by Gasteiger charge is 2.16. The molecule has 2 aromatic rings. The summed E-state index contributed by atoms with van der Waals surface area (Å²) in [4.78, 5) is 0. The van der Waals surface area contributed by atoms with E-state index in [-0.39, 0.29) is 11.5 Å². The Kier molecular flexibility index (Phi) is 3.56. The van der Waals surface area contributed by atoms with E-state index >= 15 is 0 Å². The molecule has 0 aliphatic carbocycles. The Morgan fingerprint density at radius 1 is 0.944 bits per heavy atom. The zero-order valence-electron chi connectivity index (χ0n) is 10.8. The van der Waals surface area contributed by atoms with Crippen LogP contribution in [-0.2, 0) is 12.8 Å². The quantitative estimate of drug-likeness (QED) is 0.857. The van der Waals surface area contributed by atoms with Gasteiger partial charge in [-0.25, -0.2) is 0 Å². The molecule has 2 heteroatoms. The standard InChI is InChI=1S/C16H18O2/c1-3-11-10-14(17)15(16(18)13(11)4-2)12-8-6-5-7-9-12/h5-10,17-18H,3-4H2,1-2H3. The SMILES string of the molecule is CCc1cc(O)c(-c2ccccc2)c(O)c1CC. The maximum atomic E-state index is 10.4. The summed E-state index contributed by atoms with van der Waals surface area (Å²) in [5.41, 5.74) is 3.30. The van der Waals surface area contributed by atoms with Crippen LogP contribution in [-0.4, -0.2) is 10.2 Å². The van der Waals surface area contributed by atoms with E-state index in [9.17, 15) is 10.2 Å². The minimum atomic E-state index is 0.146. The fourth-order valence-electron chi connectivity index (χ4n) is 2.35. The topological polar surface area (TPSA) is 40.5 Å². The molecule has 0 atom stereocenters. The molecule has 0 saturated heterocycles. The fraction of sp³-hybridized carbons (Fsp3) is 0.250. The number of aromatic hydroxyl groups is 2. The van der Waals surface area contributed by atoms with Crippen molar-refractivity contribution < 1.29 is 10.2 Å². The van der Waals surface area contributed by atoms with Crippen LogP contribution in [0.25, 0.3) is 11.1 Å². The molecule has 2 aromatic carbocycles. The van der Waals surface area contributed by atoms with Gasteiger partial charge in [-0.1, -0.05) is 44.2 Å². The summed E-state index contributed by atoms with van der Waals surface area (Å²) in [6.45, 7) is 4.04. The van der Waals surface area contributed by atoms with Gasteiger partial charge in [-0.05, 0) is 35.6 Å². The molecule has 0 aliphatic heterocycles. The monoisotopic (exact) mass is 242 g/mol. The maximum Gasteiger partial charge on any atom is 0.130 e. The summed E-state index contributed by atoms with van der Waals surface area (Å²) in [7, 11) is 0. The van der Waals surface area contributed by atoms with E-state index in [0.717, 1.165) is 29.5 Å². The van der Waals surface area contributed by atoms with Crippen molar-refractivity contribution in [3.8, 4) is 22.6 Å². The number of hydrogen-bond acceptors (Lipinski definition) is 2. The number of rotatable bonds is 3. The van der Waals surface area contributed by atoms with Gasteiger partial charge in [0.05, 0.1) is 5.56 Å². The lowest BCUT2D eigenvalue weighted by Gasteiger charge is -2.15. The highest BCUT2D eigenvalue weighted by Crippen LogP contribution is 2.41. The van der Waals surface area contributed by atoms with Gasteiger partial charge in [0.15, 0.2) is 0 Å². The molecule has 0 bridgehead atoms. The second kappa shape index (κ2) is 5.13. The highest BCUT2D eigenvalue weighted by molar-refractivity contribution is 5.78. The first kappa shape index (κ1) is 12.5.